The maximum absolute atomic E-state index is 12.1. The van der Waals surface area contributed by atoms with Crippen molar-refractivity contribution in [2.24, 2.45) is 5.73 Å². The predicted octanol–water partition coefficient (Wildman–Crippen LogP) is 2.08. The van der Waals surface area contributed by atoms with Gasteiger partial charge in [-0.2, -0.15) is 0 Å². The number of carbonyl (C=O) groups is 2. The molecule has 0 saturated carbocycles. The Morgan fingerprint density at radius 1 is 1.27 bits per heavy atom. The van der Waals surface area contributed by atoms with E-state index in [9.17, 15) is 9.59 Å². The first-order valence-corrected chi connectivity index (χ1v) is 8.72. The molecular weight excluding hydrogens is 352 g/mol. The van der Waals surface area contributed by atoms with Crippen molar-refractivity contribution in [2.45, 2.75) is 0 Å². The second kappa shape index (κ2) is 6.57. The van der Waals surface area contributed by atoms with Crippen LogP contribution >= 0.6 is 11.3 Å². The first kappa shape index (κ1) is 16.2. The van der Waals surface area contributed by atoms with Gasteiger partial charge < -0.3 is 10.5 Å². The largest absolute Gasteiger partial charge is 0.482 e. The number of nitrogens with zero attached hydrogens (tertiary/aromatic N) is 3. The number of hydrogen-bond acceptors (Lipinski definition) is 6. The minimum atomic E-state index is -0.581. The normalized spacial score (nSPS) is 13.2. The third-order valence-corrected chi connectivity index (χ3v) is 4.76. The molecule has 0 atom stereocenters. The first-order valence-electron chi connectivity index (χ1n) is 7.84. The highest BCUT2D eigenvalue weighted by Gasteiger charge is 2.27. The molecule has 8 heteroatoms. The zero-order valence-corrected chi connectivity index (χ0v) is 14.4. The van der Waals surface area contributed by atoms with E-state index in [4.69, 9.17) is 10.5 Å². The number of hydrogen-bond donors (Lipinski definition) is 1. The summed E-state index contributed by atoms with van der Waals surface area (Å²) in [5.41, 5.74) is 8.16. The highest BCUT2D eigenvalue weighted by molar-refractivity contribution is 7.13. The molecule has 4 rings (SSSR count). The highest BCUT2D eigenvalue weighted by Crippen LogP contribution is 2.37. The number of aromatic nitrogens is 2. The fourth-order valence-electron chi connectivity index (χ4n) is 2.70. The molecule has 0 fully saturated rings. The van der Waals surface area contributed by atoms with Gasteiger partial charge in [0.15, 0.2) is 6.61 Å². The van der Waals surface area contributed by atoms with Gasteiger partial charge in [0, 0.05) is 17.1 Å². The topological polar surface area (TPSA) is 98.4 Å². The SMILES string of the molecule is NC(=O)CN1C(=O)COc2ccc(-c3csc(-c4ccccn4)n3)cc21. The maximum Gasteiger partial charge on any atom is 0.265 e. The van der Waals surface area contributed by atoms with Gasteiger partial charge in [-0.05, 0) is 30.3 Å². The van der Waals surface area contributed by atoms with Crippen molar-refractivity contribution >= 4 is 28.8 Å². The van der Waals surface area contributed by atoms with Crippen molar-refractivity contribution < 1.29 is 14.3 Å². The minimum absolute atomic E-state index is 0.111. The number of fused-ring (bicyclic) bond motifs is 1. The Morgan fingerprint density at radius 2 is 2.15 bits per heavy atom. The summed E-state index contributed by atoms with van der Waals surface area (Å²) in [5, 5.41) is 2.73. The van der Waals surface area contributed by atoms with Crippen LogP contribution in [-0.2, 0) is 9.59 Å². The molecule has 1 aliphatic rings. The van der Waals surface area contributed by atoms with Gasteiger partial charge in [0.25, 0.3) is 5.91 Å². The number of rotatable bonds is 4. The predicted molar refractivity (Wildman–Crippen MR) is 97.8 cm³/mol. The molecule has 0 bridgehead atoms. The number of ether oxygens (including phenoxy) is 1. The van der Waals surface area contributed by atoms with Crippen LogP contribution in [0.25, 0.3) is 22.0 Å². The molecule has 2 N–H and O–H groups in total. The van der Waals surface area contributed by atoms with Crippen LogP contribution in [0.15, 0.2) is 48.0 Å². The number of thiazole rings is 1. The van der Waals surface area contributed by atoms with Gasteiger partial charge in [-0.1, -0.05) is 6.07 Å². The molecule has 0 aliphatic carbocycles. The molecule has 3 heterocycles. The lowest BCUT2D eigenvalue weighted by Gasteiger charge is -2.28. The quantitative estimate of drug-likeness (QED) is 0.762. The summed E-state index contributed by atoms with van der Waals surface area (Å²) in [4.78, 5) is 33.7. The van der Waals surface area contributed by atoms with Gasteiger partial charge in [-0.3, -0.25) is 19.5 Å². The molecule has 0 unspecified atom stereocenters. The van der Waals surface area contributed by atoms with Gasteiger partial charge in [-0.25, -0.2) is 4.98 Å². The van der Waals surface area contributed by atoms with E-state index in [0.717, 1.165) is 22.0 Å². The average molecular weight is 366 g/mol. The third-order valence-electron chi connectivity index (χ3n) is 3.90. The van der Waals surface area contributed by atoms with Gasteiger partial charge >= 0.3 is 0 Å². The summed E-state index contributed by atoms with van der Waals surface area (Å²) in [7, 11) is 0. The summed E-state index contributed by atoms with van der Waals surface area (Å²) in [6, 6.07) is 11.1. The summed E-state index contributed by atoms with van der Waals surface area (Å²) >= 11 is 1.49. The number of benzene rings is 1. The van der Waals surface area contributed by atoms with Crippen LogP contribution in [0.2, 0.25) is 0 Å². The van der Waals surface area contributed by atoms with Crippen LogP contribution in [-0.4, -0.2) is 34.9 Å². The molecule has 0 radical (unpaired) electrons. The van der Waals surface area contributed by atoms with Crippen LogP contribution in [0.5, 0.6) is 5.75 Å². The van der Waals surface area contributed by atoms with Crippen molar-refractivity contribution in [1.29, 1.82) is 0 Å². The van der Waals surface area contributed by atoms with E-state index >= 15 is 0 Å². The molecule has 2 aromatic heterocycles. The van der Waals surface area contributed by atoms with Crippen LogP contribution in [0, 0.1) is 0 Å². The second-order valence-corrected chi connectivity index (χ2v) is 6.53. The van der Waals surface area contributed by atoms with E-state index in [1.165, 1.54) is 16.2 Å². The second-order valence-electron chi connectivity index (χ2n) is 5.67. The Labute approximate surface area is 153 Å². The van der Waals surface area contributed by atoms with E-state index < -0.39 is 5.91 Å². The number of anilines is 1. The number of primary amides is 1. The number of carbonyl (C=O) groups excluding carboxylic acids is 2. The van der Waals surface area contributed by atoms with E-state index in [1.807, 2.05) is 29.6 Å². The average Bonchev–Trinajstić information content (AvgIpc) is 3.14. The molecule has 0 spiro atoms. The smallest absolute Gasteiger partial charge is 0.265 e. The number of amides is 2. The number of pyridine rings is 1. The monoisotopic (exact) mass is 366 g/mol. The van der Waals surface area contributed by atoms with Gasteiger partial charge in [-0.15, -0.1) is 11.3 Å². The summed E-state index contributed by atoms with van der Waals surface area (Å²) in [5.74, 6) is -0.349. The van der Waals surface area contributed by atoms with E-state index in [-0.39, 0.29) is 19.1 Å². The third kappa shape index (κ3) is 3.02. The van der Waals surface area contributed by atoms with Gasteiger partial charge in [0.2, 0.25) is 5.91 Å². The molecular formula is C18H14N4O3S. The standard InChI is InChI=1S/C18H14N4O3S/c19-16(23)8-22-14-7-11(4-5-15(14)25-9-17(22)24)13-10-26-18(21-13)12-3-1-2-6-20-12/h1-7,10H,8-9H2,(H2,19,23). The van der Waals surface area contributed by atoms with Crippen molar-refractivity contribution in [1.82, 2.24) is 9.97 Å². The first-order chi connectivity index (χ1) is 12.6. The lowest BCUT2D eigenvalue weighted by atomic mass is 10.1. The molecule has 1 aromatic carbocycles. The van der Waals surface area contributed by atoms with Crippen LogP contribution in [0.4, 0.5) is 5.69 Å². The molecule has 0 saturated heterocycles. The Morgan fingerprint density at radius 3 is 2.92 bits per heavy atom. The van der Waals surface area contributed by atoms with Crippen molar-refractivity contribution in [3.05, 3.63) is 48.0 Å². The molecule has 3 aromatic rings. The van der Waals surface area contributed by atoms with Crippen molar-refractivity contribution in [2.75, 3.05) is 18.1 Å². The van der Waals surface area contributed by atoms with Crippen LogP contribution in [0.3, 0.4) is 0 Å². The Bertz CT molecular complexity index is 987. The van der Waals surface area contributed by atoms with E-state index in [2.05, 4.69) is 9.97 Å². The Balaban J connectivity index is 1.71. The van der Waals surface area contributed by atoms with Gasteiger partial charge in [0.1, 0.15) is 17.3 Å². The lowest BCUT2D eigenvalue weighted by molar-refractivity contribution is -0.124. The van der Waals surface area contributed by atoms with Crippen molar-refractivity contribution in [3.63, 3.8) is 0 Å². The number of nitrogens with two attached hydrogens (primary N) is 1. The van der Waals surface area contributed by atoms with Crippen LogP contribution in [0.1, 0.15) is 0 Å². The molecule has 1 aliphatic heterocycles. The molecule has 2 amide bonds. The van der Waals surface area contributed by atoms with E-state index in [1.54, 1.807) is 18.3 Å². The minimum Gasteiger partial charge on any atom is -0.482 e. The van der Waals surface area contributed by atoms with Crippen LogP contribution < -0.4 is 15.4 Å². The zero-order chi connectivity index (χ0) is 18.1. The Hall–Kier alpha value is -3.26. The Kier molecular flexibility index (Phi) is 4.10. The summed E-state index contributed by atoms with van der Waals surface area (Å²) in [6.45, 7) is -0.297. The maximum atomic E-state index is 12.1. The molecule has 130 valence electrons. The highest BCUT2D eigenvalue weighted by atomic mass is 32.1. The summed E-state index contributed by atoms with van der Waals surface area (Å²) < 4.78 is 5.44. The lowest BCUT2D eigenvalue weighted by Crippen LogP contribution is -2.43. The van der Waals surface area contributed by atoms with Gasteiger partial charge in [0.05, 0.1) is 17.1 Å². The summed E-state index contributed by atoms with van der Waals surface area (Å²) in [6.07, 6.45) is 1.72. The molecule has 26 heavy (non-hydrogen) atoms. The fourth-order valence-corrected chi connectivity index (χ4v) is 3.51. The van der Waals surface area contributed by atoms with Crippen molar-refractivity contribution in [3.8, 4) is 27.7 Å². The molecule has 7 nitrogen and oxygen atoms in total. The zero-order valence-electron chi connectivity index (χ0n) is 13.6. The van der Waals surface area contributed by atoms with E-state index in [0.29, 0.717) is 11.4 Å². The fraction of sp³-hybridized carbons (Fsp3) is 0.111.